The van der Waals surface area contributed by atoms with Crippen molar-refractivity contribution in [3.05, 3.63) is 35.1 Å². The number of carbonyl (C=O) groups is 1. The van der Waals surface area contributed by atoms with Gasteiger partial charge in [0.05, 0.1) is 0 Å². The summed E-state index contributed by atoms with van der Waals surface area (Å²) < 4.78 is 41.2. The number of carbonyl (C=O) groups excluding carboxylic acids is 1. The van der Waals surface area contributed by atoms with Crippen LogP contribution in [-0.4, -0.2) is 43.5 Å². The number of aromatic nitrogens is 4. The molecule has 0 atom stereocenters. The van der Waals surface area contributed by atoms with E-state index in [1.54, 1.807) is 10.3 Å². The molecule has 4 heterocycles. The van der Waals surface area contributed by atoms with Crippen LogP contribution in [0.4, 0.5) is 13.2 Å². The van der Waals surface area contributed by atoms with Gasteiger partial charge in [0.2, 0.25) is 0 Å². The van der Waals surface area contributed by atoms with Crippen LogP contribution in [0.25, 0.3) is 16.3 Å². The molecule has 0 N–H and O–H groups in total. The molecule has 0 bridgehead atoms. The number of fused-ring (bicyclic) bond motifs is 1. The van der Waals surface area contributed by atoms with Crippen molar-refractivity contribution in [2.45, 2.75) is 25.4 Å². The monoisotopic (exact) mass is 381 g/mol. The van der Waals surface area contributed by atoms with Gasteiger partial charge < -0.3 is 4.90 Å². The van der Waals surface area contributed by atoms with Crippen LogP contribution in [0.15, 0.2) is 23.7 Å². The van der Waals surface area contributed by atoms with Crippen molar-refractivity contribution in [2.75, 3.05) is 13.1 Å². The molecule has 6 nitrogen and oxygen atoms in total. The van der Waals surface area contributed by atoms with Gasteiger partial charge >= 0.3 is 6.18 Å². The summed E-state index contributed by atoms with van der Waals surface area (Å²) in [6.07, 6.45) is -0.309. The molecule has 4 rings (SSSR count). The van der Waals surface area contributed by atoms with E-state index in [1.807, 2.05) is 0 Å². The van der Waals surface area contributed by atoms with Gasteiger partial charge in [0.1, 0.15) is 10.7 Å². The van der Waals surface area contributed by atoms with Gasteiger partial charge in [0, 0.05) is 30.7 Å². The first-order valence-electron chi connectivity index (χ1n) is 8.10. The first-order valence-corrected chi connectivity index (χ1v) is 8.98. The van der Waals surface area contributed by atoms with Gasteiger partial charge in [-0.3, -0.25) is 4.79 Å². The minimum Gasteiger partial charge on any atom is -0.337 e. The quantitative estimate of drug-likeness (QED) is 0.682. The molecule has 0 aliphatic carbocycles. The van der Waals surface area contributed by atoms with Crippen molar-refractivity contribution in [3.63, 3.8) is 0 Å². The second-order valence-corrected chi connectivity index (χ2v) is 6.91. The zero-order chi connectivity index (χ0) is 18.3. The Morgan fingerprint density at radius 1 is 1.15 bits per heavy atom. The molecule has 136 valence electrons. The highest BCUT2D eigenvalue weighted by Crippen LogP contribution is 2.32. The van der Waals surface area contributed by atoms with Crippen molar-refractivity contribution in [3.8, 4) is 10.7 Å². The lowest BCUT2D eigenvalue weighted by Gasteiger charge is -2.25. The molecule has 1 saturated heterocycles. The van der Waals surface area contributed by atoms with Gasteiger partial charge in [-0.15, -0.1) is 11.3 Å². The summed E-state index contributed by atoms with van der Waals surface area (Å²) in [5, 5.41) is 5.94. The fourth-order valence-electron chi connectivity index (χ4n) is 3.00. The number of halogens is 3. The van der Waals surface area contributed by atoms with E-state index in [0.717, 1.165) is 25.3 Å². The number of piperidine rings is 1. The Hall–Kier alpha value is -2.49. The van der Waals surface area contributed by atoms with E-state index in [1.165, 1.54) is 23.6 Å². The zero-order valence-corrected chi connectivity index (χ0v) is 14.3. The molecule has 0 radical (unpaired) electrons. The molecule has 3 aromatic heterocycles. The molecule has 1 aliphatic heterocycles. The van der Waals surface area contributed by atoms with Crippen molar-refractivity contribution in [1.82, 2.24) is 24.5 Å². The molecule has 0 aromatic carbocycles. The Labute approximate surface area is 150 Å². The van der Waals surface area contributed by atoms with E-state index >= 15 is 0 Å². The van der Waals surface area contributed by atoms with Crippen LogP contribution in [0.2, 0.25) is 0 Å². The third kappa shape index (κ3) is 3.05. The molecule has 1 aliphatic rings. The number of hydrogen-bond acceptors (Lipinski definition) is 5. The Bertz CT molecular complexity index is 945. The Kier molecular flexibility index (Phi) is 4.14. The summed E-state index contributed by atoms with van der Waals surface area (Å²) >= 11 is 1.19. The second-order valence-electron chi connectivity index (χ2n) is 6.01. The number of nitrogens with zero attached hydrogens (tertiary/aromatic N) is 5. The summed E-state index contributed by atoms with van der Waals surface area (Å²) in [6.45, 7) is 1.19. The van der Waals surface area contributed by atoms with E-state index in [-0.39, 0.29) is 22.9 Å². The fourth-order valence-corrected chi connectivity index (χ4v) is 3.60. The number of alkyl halides is 3. The molecular weight excluding hydrogens is 367 g/mol. The van der Waals surface area contributed by atoms with E-state index in [9.17, 15) is 18.0 Å². The van der Waals surface area contributed by atoms with Gasteiger partial charge in [0.15, 0.2) is 17.0 Å². The molecule has 0 unspecified atom stereocenters. The van der Waals surface area contributed by atoms with Gasteiger partial charge in [-0.05, 0) is 25.3 Å². The van der Waals surface area contributed by atoms with E-state index in [4.69, 9.17) is 0 Å². The van der Waals surface area contributed by atoms with Crippen LogP contribution in [0.1, 0.15) is 35.4 Å². The van der Waals surface area contributed by atoms with E-state index in [2.05, 4.69) is 15.1 Å². The number of likely N-dealkylation sites (tertiary alicyclic amines) is 1. The average Bonchev–Trinajstić information content (AvgIpc) is 3.29. The lowest BCUT2D eigenvalue weighted by molar-refractivity contribution is -0.142. The normalized spacial score (nSPS) is 15.6. The number of rotatable bonds is 2. The first kappa shape index (κ1) is 17.0. The smallest absolute Gasteiger partial charge is 0.337 e. The maximum Gasteiger partial charge on any atom is 0.433 e. The van der Waals surface area contributed by atoms with Crippen molar-refractivity contribution in [2.24, 2.45) is 0 Å². The molecule has 1 fully saturated rings. The van der Waals surface area contributed by atoms with Crippen molar-refractivity contribution < 1.29 is 18.0 Å². The third-order valence-corrected chi connectivity index (χ3v) is 5.03. The highest BCUT2D eigenvalue weighted by molar-refractivity contribution is 7.13. The maximum atomic E-state index is 13.5. The minimum absolute atomic E-state index is 0.0228. The van der Waals surface area contributed by atoms with Crippen LogP contribution < -0.4 is 0 Å². The molecule has 0 spiro atoms. The first-order chi connectivity index (χ1) is 12.4. The summed E-state index contributed by atoms with van der Waals surface area (Å²) in [5.41, 5.74) is -0.923. The van der Waals surface area contributed by atoms with E-state index < -0.39 is 11.9 Å². The van der Waals surface area contributed by atoms with Crippen LogP contribution in [0, 0.1) is 0 Å². The molecule has 1 amide bonds. The molecule has 10 heteroatoms. The molecule has 3 aromatic rings. The van der Waals surface area contributed by atoms with Crippen LogP contribution in [0.3, 0.4) is 0 Å². The average molecular weight is 381 g/mol. The zero-order valence-electron chi connectivity index (χ0n) is 13.5. The maximum absolute atomic E-state index is 13.5. The van der Waals surface area contributed by atoms with Crippen LogP contribution >= 0.6 is 11.3 Å². The largest absolute Gasteiger partial charge is 0.433 e. The van der Waals surface area contributed by atoms with Gasteiger partial charge in [-0.25, -0.2) is 14.5 Å². The highest BCUT2D eigenvalue weighted by atomic mass is 32.1. The summed E-state index contributed by atoms with van der Waals surface area (Å²) in [5.74, 6) is -0.362. The van der Waals surface area contributed by atoms with Gasteiger partial charge in [0.25, 0.3) is 5.91 Å². The molecular formula is C16H14F3N5OS. The molecule has 26 heavy (non-hydrogen) atoms. The lowest BCUT2D eigenvalue weighted by atomic mass is 10.1. The fraction of sp³-hybridized carbons (Fsp3) is 0.375. The Morgan fingerprint density at radius 3 is 2.58 bits per heavy atom. The number of amides is 1. The van der Waals surface area contributed by atoms with E-state index in [0.29, 0.717) is 22.6 Å². The van der Waals surface area contributed by atoms with Gasteiger partial charge in [-0.2, -0.15) is 18.3 Å². The van der Waals surface area contributed by atoms with Crippen LogP contribution in [-0.2, 0) is 6.18 Å². The SMILES string of the molecule is O=C(c1cc2nc(-c3nccs3)cc(C(F)(F)F)n2n1)N1CCCCC1. The van der Waals surface area contributed by atoms with Crippen molar-refractivity contribution in [1.29, 1.82) is 0 Å². The second kappa shape index (κ2) is 6.35. The highest BCUT2D eigenvalue weighted by Gasteiger charge is 2.36. The van der Waals surface area contributed by atoms with Crippen LogP contribution in [0.5, 0.6) is 0 Å². The lowest BCUT2D eigenvalue weighted by Crippen LogP contribution is -2.35. The Morgan fingerprint density at radius 2 is 1.92 bits per heavy atom. The summed E-state index contributed by atoms with van der Waals surface area (Å²) in [7, 11) is 0. The molecule has 0 saturated carbocycles. The standard InChI is InChI=1S/C16H14F3N5OS/c17-16(18,19)12-8-10(14-20-4-7-26-14)21-13-9-11(22-24(12)13)15(25)23-5-2-1-3-6-23/h4,7-9H,1-3,5-6H2. The predicted molar refractivity (Wildman–Crippen MR) is 88.9 cm³/mol. The minimum atomic E-state index is -4.63. The summed E-state index contributed by atoms with van der Waals surface area (Å²) in [6, 6.07) is 2.22. The Balaban J connectivity index is 1.82. The van der Waals surface area contributed by atoms with Crippen molar-refractivity contribution >= 4 is 22.9 Å². The number of thiazole rings is 1. The third-order valence-electron chi connectivity index (χ3n) is 4.23. The van der Waals surface area contributed by atoms with Gasteiger partial charge in [-0.1, -0.05) is 0 Å². The number of hydrogen-bond donors (Lipinski definition) is 0. The predicted octanol–water partition coefficient (Wildman–Crippen LogP) is 3.50. The topological polar surface area (TPSA) is 63.4 Å². The summed E-state index contributed by atoms with van der Waals surface area (Å²) in [4.78, 5) is 22.4.